The summed E-state index contributed by atoms with van der Waals surface area (Å²) in [6.07, 6.45) is 0. The fourth-order valence-electron chi connectivity index (χ4n) is 5.52. The van der Waals surface area contributed by atoms with Crippen LogP contribution in [0.25, 0.3) is 11.1 Å². The number of carbonyl (C=O) groups excluding carboxylic acids is 1. The molecule has 0 fully saturated rings. The minimum absolute atomic E-state index is 0.0603. The molecule has 11 heteroatoms. The summed E-state index contributed by atoms with van der Waals surface area (Å²) in [5, 5.41) is 30.4. The molecular formula is C32H35N3O8. The van der Waals surface area contributed by atoms with Crippen LogP contribution in [-0.2, 0) is 19.8 Å². The minimum atomic E-state index is -1.28. The number of carboxylic acid groups (broad SMARTS) is 3. The number of carboxylic acids is 3. The Balaban J connectivity index is 1.63. The van der Waals surface area contributed by atoms with Crippen molar-refractivity contribution in [1.82, 2.24) is 0 Å². The van der Waals surface area contributed by atoms with Gasteiger partial charge in [-0.1, -0.05) is 26.0 Å². The van der Waals surface area contributed by atoms with Gasteiger partial charge in [-0.25, -0.2) is 4.79 Å². The van der Waals surface area contributed by atoms with Gasteiger partial charge >= 0.3 is 17.9 Å². The van der Waals surface area contributed by atoms with Crippen molar-refractivity contribution >= 4 is 40.9 Å². The van der Waals surface area contributed by atoms with Gasteiger partial charge in [0, 0.05) is 41.5 Å². The maximum atomic E-state index is 13.4. The van der Waals surface area contributed by atoms with E-state index in [0.29, 0.717) is 5.56 Å². The molecule has 1 amide bonds. The number of carbonyl (C=O) groups is 4. The van der Waals surface area contributed by atoms with Crippen LogP contribution in [0.2, 0.25) is 0 Å². The summed E-state index contributed by atoms with van der Waals surface area (Å²) in [6, 6.07) is 16.2. The third-order valence-electron chi connectivity index (χ3n) is 7.61. The third-order valence-corrected chi connectivity index (χ3v) is 7.61. The molecular weight excluding hydrogens is 554 g/mol. The van der Waals surface area contributed by atoms with Crippen LogP contribution in [-0.4, -0.2) is 71.9 Å². The summed E-state index contributed by atoms with van der Waals surface area (Å²) in [4.78, 5) is 50.6. The lowest BCUT2D eigenvalue weighted by atomic mass is 9.81. The normalized spacial score (nSPS) is 12.6. The van der Waals surface area contributed by atoms with E-state index in [0.717, 1.165) is 40.4 Å². The summed E-state index contributed by atoms with van der Waals surface area (Å²) in [5.41, 5.74) is 5.94. The van der Waals surface area contributed by atoms with Crippen LogP contribution >= 0.6 is 0 Å². The summed E-state index contributed by atoms with van der Waals surface area (Å²) >= 11 is 0. The SMILES string of the molecule is CCN(CC)c1ccc2c(c1)C(C)(C)c1cc(C(=O)Nc3ccc(N(CC(=O)O)CC(=O)O)c(OCC(=O)O)c3)ccc1-2. The summed E-state index contributed by atoms with van der Waals surface area (Å²) in [7, 11) is 0. The van der Waals surface area contributed by atoms with Gasteiger partial charge in [0.2, 0.25) is 0 Å². The predicted octanol–water partition coefficient (Wildman–Crippen LogP) is 4.53. The van der Waals surface area contributed by atoms with Crippen LogP contribution in [0.15, 0.2) is 54.6 Å². The lowest BCUT2D eigenvalue weighted by molar-refractivity contribution is -0.140. The molecule has 0 aromatic heterocycles. The van der Waals surface area contributed by atoms with E-state index in [1.54, 1.807) is 6.07 Å². The number of hydrogen-bond donors (Lipinski definition) is 4. The molecule has 0 heterocycles. The minimum Gasteiger partial charge on any atom is -0.480 e. The van der Waals surface area contributed by atoms with Gasteiger partial charge in [-0.05, 0) is 72.5 Å². The maximum Gasteiger partial charge on any atom is 0.341 e. The first-order valence-corrected chi connectivity index (χ1v) is 13.9. The lowest BCUT2D eigenvalue weighted by Gasteiger charge is -2.26. The van der Waals surface area contributed by atoms with Crippen molar-refractivity contribution in [2.75, 3.05) is 47.9 Å². The van der Waals surface area contributed by atoms with Gasteiger partial charge in [-0.3, -0.25) is 14.4 Å². The standard InChI is InChI=1S/C32H35N3O8/c1-5-34(6-2)21-9-11-23-22-10-7-19(13-24(22)32(3,4)25(23)15-21)31(42)33-20-8-12-26(27(14-20)43-18-30(40)41)35(16-28(36)37)17-29(38)39/h7-15H,5-6,16-18H2,1-4H3,(H,33,42)(H,36,37)(H,38,39)(H,40,41). The van der Waals surface area contributed by atoms with Gasteiger partial charge in [0.1, 0.15) is 18.8 Å². The van der Waals surface area contributed by atoms with Crippen LogP contribution in [0.3, 0.4) is 0 Å². The Hall–Kier alpha value is -5.06. The number of nitrogens with zero attached hydrogens (tertiary/aromatic N) is 2. The van der Waals surface area contributed by atoms with Crippen molar-refractivity contribution in [3.8, 4) is 16.9 Å². The number of anilines is 3. The highest BCUT2D eigenvalue weighted by molar-refractivity contribution is 6.05. The molecule has 0 saturated heterocycles. The van der Waals surface area contributed by atoms with E-state index in [1.807, 2.05) is 12.1 Å². The second kappa shape index (κ2) is 12.4. The van der Waals surface area contributed by atoms with Gasteiger partial charge in [-0.15, -0.1) is 0 Å². The summed E-state index contributed by atoms with van der Waals surface area (Å²) < 4.78 is 5.36. The first-order chi connectivity index (χ1) is 20.3. The van der Waals surface area contributed by atoms with Crippen molar-refractivity contribution in [1.29, 1.82) is 0 Å². The Bertz CT molecular complexity index is 1560. The Morgan fingerprint density at radius 3 is 1.95 bits per heavy atom. The van der Waals surface area contributed by atoms with Crippen molar-refractivity contribution in [2.24, 2.45) is 0 Å². The van der Waals surface area contributed by atoms with Crippen LogP contribution < -0.4 is 19.9 Å². The smallest absolute Gasteiger partial charge is 0.341 e. The highest BCUT2D eigenvalue weighted by Crippen LogP contribution is 2.50. The molecule has 0 radical (unpaired) electrons. The summed E-state index contributed by atoms with van der Waals surface area (Å²) in [5.74, 6) is -4.35. The van der Waals surface area contributed by atoms with Gasteiger partial charge < -0.3 is 35.2 Å². The highest BCUT2D eigenvalue weighted by atomic mass is 16.5. The molecule has 43 heavy (non-hydrogen) atoms. The molecule has 0 spiro atoms. The van der Waals surface area contributed by atoms with E-state index < -0.39 is 43.5 Å². The van der Waals surface area contributed by atoms with Crippen LogP contribution in [0.1, 0.15) is 49.2 Å². The number of nitrogens with one attached hydrogen (secondary N) is 1. The number of fused-ring (bicyclic) bond motifs is 3. The zero-order valence-corrected chi connectivity index (χ0v) is 24.5. The second-order valence-electron chi connectivity index (χ2n) is 10.8. The van der Waals surface area contributed by atoms with E-state index in [1.165, 1.54) is 23.8 Å². The van der Waals surface area contributed by atoms with Crippen molar-refractivity contribution < 1.29 is 39.2 Å². The number of aliphatic carboxylic acids is 3. The first kappa shape index (κ1) is 30.9. The summed E-state index contributed by atoms with van der Waals surface area (Å²) in [6.45, 7) is 8.23. The molecule has 0 unspecified atom stereocenters. The van der Waals surface area contributed by atoms with E-state index in [-0.39, 0.29) is 22.5 Å². The average Bonchev–Trinajstić information content (AvgIpc) is 3.17. The number of rotatable bonds is 13. The molecule has 0 aliphatic heterocycles. The van der Waals surface area contributed by atoms with E-state index in [9.17, 15) is 29.4 Å². The molecule has 0 saturated carbocycles. The molecule has 4 rings (SSSR count). The Morgan fingerprint density at radius 2 is 1.37 bits per heavy atom. The molecule has 4 N–H and O–H groups in total. The van der Waals surface area contributed by atoms with E-state index in [2.05, 4.69) is 56.1 Å². The molecule has 226 valence electrons. The fourth-order valence-corrected chi connectivity index (χ4v) is 5.52. The second-order valence-corrected chi connectivity index (χ2v) is 10.8. The van der Waals surface area contributed by atoms with Crippen molar-refractivity contribution in [3.63, 3.8) is 0 Å². The van der Waals surface area contributed by atoms with E-state index >= 15 is 0 Å². The molecule has 3 aromatic rings. The number of hydrogen-bond acceptors (Lipinski definition) is 7. The molecule has 0 atom stereocenters. The van der Waals surface area contributed by atoms with E-state index in [4.69, 9.17) is 9.84 Å². The van der Waals surface area contributed by atoms with Crippen molar-refractivity contribution in [3.05, 3.63) is 71.3 Å². The Kier molecular flexibility index (Phi) is 8.93. The van der Waals surface area contributed by atoms with Crippen LogP contribution in [0.5, 0.6) is 5.75 Å². The number of amides is 1. The number of benzene rings is 3. The molecule has 3 aromatic carbocycles. The zero-order valence-electron chi connectivity index (χ0n) is 24.5. The fraction of sp³-hybridized carbons (Fsp3) is 0.312. The highest BCUT2D eigenvalue weighted by Gasteiger charge is 2.36. The van der Waals surface area contributed by atoms with Crippen LogP contribution in [0.4, 0.5) is 17.1 Å². The molecule has 0 bridgehead atoms. The van der Waals surface area contributed by atoms with Gasteiger partial charge in [0.15, 0.2) is 6.61 Å². The van der Waals surface area contributed by atoms with Crippen LogP contribution in [0, 0.1) is 0 Å². The zero-order chi connectivity index (χ0) is 31.5. The largest absolute Gasteiger partial charge is 0.480 e. The predicted molar refractivity (Wildman–Crippen MR) is 163 cm³/mol. The Labute approximate surface area is 249 Å². The van der Waals surface area contributed by atoms with Gasteiger partial charge in [0.05, 0.1) is 5.69 Å². The monoisotopic (exact) mass is 589 g/mol. The molecule has 1 aliphatic rings. The third kappa shape index (κ3) is 6.56. The lowest BCUT2D eigenvalue weighted by Crippen LogP contribution is -2.34. The number of ether oxygens (including phenoxy) is 1. The molecule has 11 nitrogen and oxygen atoms in total. The van der Waals surface area contributed by atoms with Gasteiger partial charge in [0.25, 0.3) is 5.91 Å². The van der Waals surface area contributed by atoms with Gasteiger partial charge in [-0.2, -0.15) is 0 Å². The average molecular weight is 590 g/mol. The quantitative estimate of drug-likeness (QED) is 0.223. The van der Waals surface area contributed by atoms with Crippen molar-refractivity contribution in [2.45, 2.75) is 33.1 Å². The topological polar surface area (TPSA) is 157 Å². The molecule has 1 aliphatic carbocycles. The maximum absolute atomic E-state index is 13.4. The first-order valence-electron chi connectivity index (χ1n) is 13.9. The Morgan fingerprint density at radius 1 is 0.767 bits per heavy atom.